The average molecular weight is 408 g/mol. The van der Waals surface area contributed by atoms with E-state index in [2.05, 4.69) is 9.88 Å². The number of ether oxygens (including phenoxy) is 1. The van der Waals surface area contributed by atoms with Crippen LogP contribution in [0, 0.1) is 0 Å². The van der Waals surface area contributed by atoms with Gasteiger partial charge in [0.1, 0.15) is 11.4 Å². The summed E-state index contributed by atoms with van der Waals surface area (Å²) in [4.78, 5) is 31.8. The minimum atomic E-state index is -0.00467. The molecular weight excluding hydrogens is 378 g/mol. The number of benzene rings is 2. The summed E-state index contributed by atoms with van der Waals surface area (Å²) in [5.74, 6) is 0.852. The summed E-state index contributed by atoms with van der Waals surface area (Å²) in [7, 11) is 1.66. The van der Waals surface area contributed by atoms with Gasteiger partial charge < -0.3 is 19.5 Å². The summed E-state index contributed by atoms with van der Waals surface area (Å²) in [6.45, 7) is 8.44. The van der Waals surface area contributed by atoms with Gasteiger partial charge in [0.2, 0.25) is 0 Å². The molecule has 0 saturated carbocycles. The molecule has 1 amide bonds. The molecule has 1 aliphatic rings. The van der Waals surface area contributed by atoms with E-state index < -0.39 is 0 Å². The van der Waals surface area contributed by atoms with Crippen LogP contribution in [0.15, 0.2) is 48.5 Å². The molecule has 1 fully saturated rings. The van der Waals surface area contributed by atoms with Gasteiger partial charge in [0.25, 0.3) is 5.91 Å². The largest absolute Gasteiger partial charge is 0.497 e. The lowest BCUT2D eigenvalue weighted by atomic mass is 10.1. The fourth-order valence-electron chi connectivity index (χ4n) is 3.60. The predicted octanol–water partition coefficient (Wildman–Crippen LogP) is 4.37. The Balaban J connectivity index is 0.00000124. The molecular formula is C24H29N3O3. The van der Waals surface area contributed by atoms with Gasteiger partial charge >= 0.3 is 0 Å². The molecule has 6 heteroatoms. The third kappa shape index (κ3) is 4.48. The van der Waals surface area contributed by atoms with E-state index in [1.807, 2.05) is 61.2 Å². The minimum Gasteiger partial charge on any atom is -0.497 e. The second-order valence-electron chi connectivity index (χ2n) is 7.02. The van der Waals surface area contributed by atoms with Crippen molar-refractivity contribution in [2.24, 2.45) is 0 Å². The highest BCUT2D eigenvalue weighted by atomic mass is 16.5. The molecule has 2 heterocycles. The highest BCUT2D eigenvalue weighted by Crippen LogP contribution is 2.22. The number of amides is 1. The third-order valence-corrected chi connectivity index (χ3v) is 5.26. The van der Waals surface area contributed by atoms with Gasteiger partial charge in [-0.1, -0.05) is 13.8 Å². The Hall–Kier alpha value is -3.28. The number of Topliss-reactive ketones (excluding diaryl/α,β-unsaturated/α-hetero) is 1. The fourth-order valence-corrected chi connectivity index (χ4v) is 3.60. The molecule has 1 saturated heterocycles. The first-order valence-corrected chi connectivity index (χ1v) is 10.4. The van der Waals surface area contributed by atoms with Crippen LogP contribution in [-0.4, -0.2) is 54.9 Å². The number of carbonyl (C=O) groups is 2. The first-order valence-electron chi connectivity index (χ1n) is 10.4. The summed E-state index contributed by atoms with van der Waals surface area (Å²) in [6, 6.07) is 15.3. The van der Waals surface area contributed by atoms with Gasteiger partial charge in [-0.15, -0.1) is 0 Å². The van der Waals surface area contributed by atoms with Crippen molar-refractivity contribution in [3.8, 4) is 5.75 Å². The Kier molecular flexibility index (Phi) is 6.77. The quantitative estimate of drug-likeness (QED) is 0.653. The molecule has 0 aliphatic carbocycles. The minimum absolute atomic E-state index is 0.00467. The van der Waals surface area contributed by atoms with Crippen molar-refractivity contribution in [2.75, 3.05) is 38.2 Å². The standard InChI is InChI=1S/C22H23N3O3.C2H6/c1-15(26)16-3-8-20-17(13-16)14-21(23-20)22(27)25-11-9-24(10-12-25)18-4-6-19(28-2)7-5-18;1-2/h3-8,13-14,23H,9-12H2,1-2H3;1-2H3. The average Bonchev–Trinajstić information content (AvgIpc) is 3.23. The number of fused-ring (bicyclic) bond motifs is 1. The lowest BCUT2D eigenvalue weighted by Crippen LogP contribution is -2.48. The number of ketones is 1. The van der Waals surface area contributed by atoms with E-state index in [-0.39, 0.29) is 11.7 Å². The van der Waals surface area contributed by atoms with Crippen molar-refractivity contribution in [3.05, 3.63) is 59.8 Å². The van der Waals surface area contributed by atoms with Crippen molar-refractivity contribution >= 4 is 28.3 Å². The number of aromatic nitrogens is 1. The number of nitrogens with zero attached hydrogens (tertiary/aromatic N) is 2. The Morgan fingerprint density at radius 3 is 2.20 bits per heavy atom. The highest BCUT2D eigenvalue weighted by Gasteiger charge is 2.23. The molecule has 0 spiro atoms. The van der Waals surface area contributed by atoms with E-state index in [1.165, 1.54) is 0 Å². The molecule has 158 valence electrons. The van der Waals surface area contributed by atoms with Crippen molar-refractivity contribution in [1.29, 1.82) is 0 Å². The van der Waals surface area contributed by atoms with Crippen molar-refractivity contribution in [3.63, 3.8) is 0 Å². The maximum atomic E-state index is 12.9. The SMILES string of the molecule is CC.COc1ccc(N2CCN(C(=O)c3cc4cc(C(C)=O)ccc4[nH]3)CC2)cc1. The Labute approximate surface area is 177 Å². The van der Waals surface area contributed by atoms with E-state index in [0.29, 0.717) is 24.3 Å². The molecule has 1 N–H and O–H groups in total. The first-order chi connectivity index (χ1) is 14.5. The number of anilines is 1. The molecule has 1 aliphatic heterocycles. The summed E-state index contributed by atoms with van der Waals surface area (Å²) >= 11 is 0. The van der Waals surface area contributed by atoms with Crippen molar-refractivity contribution in [1.82, 2.24) is 9.88 Å². The molecule has 0 radical (unpaired) electrons. The number of hydrogen-bond donors (Lipinski definition) is 1. The maximum absolute atomic E-state index is 12.9. The summed E-state index contributed by atoms with van der Waals surface area (Å²) in [5, 5.41) is 0.882. The first kappa shape index (κ1) is 21.4. The van der Waals surface area contributed by atoms with Crippen LogP contribution in [0.3, 0.4) is 0 Å². The van der Waals surface area contributed by atoms with Gasteiger partial charge in [0, 0.05) is 48.3 Å². The Morgan fingerprint density at radius 2 is 1.60 bits per heavy atom. The van der Waals surface area contributed by atoms with Crippen LogP contribution >= 0.6 is 0 Å². The summed E-state index contributed by atoms with van der Waals surface area (Å²) in [5.41, 5.74) is 3.22. The molecule has 4 rings (SSSR count). The number of H-pyrrole nitrogens is 1. The van der Waals surface area contributed by atoms with E-state index in [1.54, 1.807) is 20.1 Å². The second-order valence-corrected chi connectivity index (χ2v) is 7.02. The number of methoxy groups -OCH3 is 1. The Bertz CT molecular complexity index is 1020. The molecule has 30 heavy (non-hydrogen) atoms. The van der Waals surface area contributed by atoms with Crippen molar-refractivity contribution in [2.45, 2.75) is 20.8 Å². The smallest absolute Gasteiger partial charge is 0.270 e. The molecule has 0 atom stereocenters. The van der Waals surface area contributed by atoms with Gasteiger partial charge in [-0.05, 0) is 55.5 Å². The number of nitrogens with one attached hydrogen (secondary N) is 1. The second kappa shape index (κ2) is 9.48. The van der Waals surface area contributed by atoms with E-state index in [0.717, 1.165) is 35.4 Å². The van der Waals surface area contributed by atoms with Gasteiger partial charge in [-0.3, -0.25) is 9.59 Å². The molecule has 2 aromatic carbocycles. The van der Waals surface area contributed by atoms with E-state index in [4.69, 9.17) is 4.74 Å². The lowest BCUT2D eigenvalue weighted by Gasteiger charge is -2.36. The van der Waals surface area contributed by atoms with Crippen LogP contribution in [-0.2, 0) is 0 Å². The predicted molar refractivity (Wildman–Crippen MR) is 121 cm³/mol. The van der Waals surface area contributed by atoms with Crippen LogP contribution in [0.4, 0.5) is 5.69 Å². The zero-order chi connectivity index (χ0) is 21.7. The molecule has 0 bridgehead atoms. The van der Waals surface area contributed by atoms with Crippen LogP contribution in [0.1, 0.15) is 41.6 Å². The molecule has 1 aromatic heterocycles. The summed E-state index contributed by atoms with van der Waals surface area (Å²) < 4.78 is 5.21. The number of rotatable bonds is 4. The normalized spacial score (nSPS) is 13.6. The number of hydrogen-bond acceptors (Lipinski definition) is 4. The van der Waals surface area contributed by atoms with Crippen LogP contribution in [0.25, 0.3) is 10.9 Å². The van der Waals surface area contributed by atoms with E-state index >= 15 is 0 Å². The fraction of sp³-hybridized carbons (Fsp3) is 0.333. The highest BCUT2D eigenvalue weighted by molar-refractivity contribution is 6.01. The van der Waals surface area contributed by atoms with Crippen LogP contribution < -0.4 is 9.64 Å². The van der Waals surface area contributed by atoms with Crippen LogP contribution in [0.5, 0.6) is 5.75 Å². The number of carbonyl (C=O) groups excluding carboxylic acids is 2. The Morgan fingerprint density at radius 1 is 0.933 bits per heavy atom. The monoisotopic (exact) mass is 407 g/mol. The van der Waals surface area contributed by atoms with Gasteiger partial charge in [-0.2, -0.15) is 0 Å². The van der Waals surface area contributed by atoms with Gasteiger partial charge in [-0.25, -0.2) is 0 Å². The van der Waals surface area contributed by atoms with Gasteiger partial charge in [0.15, 0.2) is 5.78 Å². The molecule has 3 aromatic rings. The van der Waals surface area contributed by atoms with Crippen molar-refractivity contribution < 1.29 is 14.3 Å². The molecule has 6 nitrogen and oxygen atoms in total. The summed E-state index contributed by atoms with van der Waals surface area (Å²) in [6.07, 6.45) is 0. The molecule has 0 unspecified atom stereocenters. The van der Waals surface area contributed by atoms with E-state index in [9.17, 15) is 9.59 Å². The van der Waals surface area contributed by atoms with Crippen LogP contribution in [0.2, 0.25) is 0 Å². The zero-order valence-corrected chi connectivity index (χ0v) is 18.1. The zero-order valence-electron chi connectivity index (χ0n) is 18.1. The number of aromatic amines is 1. The van der Waals surface area contributed by atoms with Gasteiger partial charge in [0.05, 0.1) is 7.11 Å². The number of piperazine rings is 1. The lowest BCUT2D eigenvalue weighted by molar-refractivity contribution is 0.0741. The maximum Gasteiger partial charge on any atom is 0.270 e. The topological polar surface area (TPSA) is 65.6 Å². The third-order valence-electron chi connectivity index (χ3n) is 5.26.